The Labute approximate surface area is 122 Å². The highest BCUT2D eigenvalue weighted by atomic mass is 16.5. The molecular formula is C14H28N4O2. The molecule has 0 aromatic heterocycles. The summed E-state index contributed by atoms with van der Waals surface area (Å²) in [5, 5.41) is 3.17. The molecule has 0 spiro atoms. The Bertz CT molecular complexity index is 323. The highest BCUT2D eigenvalue weighted by molar-refractivity contribution is 5.77. The van der Waals surface area contributed by atoms with Crippen LogP contribution in [0.25, 0.3) is 0 Å². The van der Waals surface area contributed by atoms with E-state index in [4.69, 9.17) is 4.74 Å². The van der Waals surface area contributed by atoms with Gasteiger partial charge in [-0.1, -0.05) is 0 Å². The molecular weight excluding hydrogens is 256 g/mol. The number of ether oxygens (including phenoxy) is 1. The van der Waals surface area contributed by atoms with Crippen LogP contribution in [0, 0.1) is 0 Å². The van der Waals surface area contributed by atoms with Crippen LogP contribution in [-0.4, -0.2) is 99.3 Å². The van der Waals surface area contributed by atoms with Crippen LogP contribution in [0.4, 0.5) is 0 Å². The largest absolute Gasteiger partial charge is 0.363 e. The maximum absolute atomic E-state index is 12.1. The summed E-state index contributed by atoms with van der Waals surface area (Å²) >= 11 is 0. The summed E-state index contributed by atoms with van der Waals surface area (Å²) in [4.78, 5) is 18.7. The lowest BCUT2D eigenvalue weighted by atomic mass is 10.0. The first-order valence-corrected chi connectivity index (χ1v) is 7.48. The number of nitrogens with zero attached hydrogens (tertiary/aromatic N) is 3. The molecule has 2 aliphatic heterocycles. The molecule has 1 amide bonds. The van der Waals surface area contributed by atoms with Crippen LogP contribution in [0.3, 0.4) is 0 Å². The zero-order valence-corrected chi connectivity index (χ0v) is 13.0. The van der Waals surface area contributed by atoms with Gasteiger partial charge in [-0.3, -0.25) is 9.69 Å². The van der Waals surface area contributed by atoms with Crippen LogP contribution in [0.15, 0.2) is 0 Å². The number of amides is 1. The van der Waals surface area contributed by atoms with Crippen molar-refractivity contribution in [3.05, 3.63) is 0 Å². The normalized spacial score (nSPS) is 22.9. The second-order valence-corrected chi connectivity index (χ2v) is 6.37. The Hall–Kier alpha value is -0.690. The maximum atomic E-state index is 12.1. The monoisotopic (exact) mass is 284 g/mol. The molecule has 0 radical (unpaired) electrons. The Morgan fingerprint density at radius 3 is 2.40 bits per heavy atom. The molecule has 2 fully saturated rings. The Morgan fingerprint density at radius 2 is 1.90 bits per heavy atom. The van der Waals surface area contributed by atoms with Crippen LogP contribution in [0.5, 0.6) is 0 Å². The topological polar surface area (TPSA) is 48.0 Å². The molecule has 0 bridgehead atoms. The second kappa shape index (κ2) is 6.85. The molecule has 0 aliphatic carbocycles. The van der Waals surface area contributed by atoms with Gasteiger partial charge in [-0.05, 0) is 21.0 Å². The second-order valence-electron chi connectivity index (χ2n) is 6.37. The average molecular weight is 284 g/mol. The molecule has 2 rings (SSSR count). The highest BCUT2D eigenvalue weighted by Crippen LogP contribution is 2.15. The lowest BCUT2D eigenvalue weighted by Gasteiger charge is -2.40. The molecule has 6 nitrogen and oxygen atoms in total. The van der Waals surface area contributed by atoms with Crippen molar-refractivity contribution in [3.63, 3.8) is 0 Å². The standard InChI is InChI=1S/C14H28N4O2/c1-14(11-15-12-14)20-10-13(19)18-8-6-17(7-9-18)5-4-16(2)3/h15H,4-12H2,1-3H3. The van der Waals surface area contributed by atoms with Gasteiger partial charge in [-0.15, -0.1) is 0 Å². The average Bonchev–Trinajstić information content (AvgIpc) is 2.41. The predicted octanol–water partition coefficient (Wildman–Crippen LogP) is -0.929. The summed E-state index contributed by atoms with van der Waals surface area (Å²) in [6, 6.07) is 0. The third-order valence-electron chi connectivity index (χ3n) is 4.13. The van der Waals surface area contributed by atoms with Gasteiger partial charge in [-0.2, -0.15) is 0 Å². The summed E-state index contributed by atoms with van der Waals surface area (Å²) in [5.74, 6) is 0.130. The van der Waals surface area contributed by atoms with E-state index in [1.165, 1.54) is 0 Å². The molecule has 0 aromatic carbocycles. The summed E-state index contributed by atoms with van der Waals surface area (Å²) < 4.78 is 5.71. The molecule has 0 aromatic rings. The first-order chi connectivity index (χ1) is 9.48. The van der Waals surface area contributed by atoms with Crippen molar-refractivity contribution in [2.75, 3.05) is 73.1 Å². The Balaban J connectivity index is 1.64. The van der Waals surface area contributed by atoms with Gasteiger partial charge in [0.1, 0.15) is 6.61 Å². The molecule has 116 valence electrons. The number of hydrogen-bond acceptors (Lipinski definition) is 5. The minimum Gasteiger partial charge on any atom is -0.363 e. The maximum Gasteiger partial charge on any atom is 0.248 e. The number of rotatable bonds is 6. The molecule has 1 N–H and O–H groups in total. The smallest absolute Gasteiger partial charge is 0.248 e. The van der Waals surface area contributed by atoms with E-state index in [-0.39, 0.29) is 18.1 Å². The third-order valence-corrected chi connectivity index (χ3v) is 4.13. The van der Waals surface area contributed by atoms with Crippen molar-refractivity contribution in [2.24, 2.45) is 0 Å². The third kappa shape index (κ3) is 4.41. The lowest BCUT2D eigenvalue weighted by Crippen LogP contribution is -2.60. The van der Waals surface area contributed by atoms with Crippen LogP contribution in [0.1, 0.15) is 6.92 Å². The highest BCUT2D eigenvalue weighted by Gasteiger charge is 2.33. The molecule has 2 heterocycles. The lowest BCUT2D eigenvalue weighted by molar-refractivity contribution is -0.147. The van der Waals surface area contributed by atoms with Gasteiger partial charge in [-0.25, -0.2) is 0 Å². The van der Waals surface area contributed by atoms with Crippen molar-refractivity contribution >= 4 is 5.91 Å². The fraction of sp³-hybridized carbons (Fsp3) is 0.929. The van der Waals surface area contributed by atoms with Gasteiger partial charge >= 0.3 is 0 Å². The summed E-state index contributed by atoms with van der Waals surface area (Å²) in [6.45, 7) is 9.70. The van der Waals surface area contributed by atoms with Gasteiger partial charge < -0.3 is 19.9 Å². The van der Waals surface area contributed by atoms with Crippen LogP contribution < -0.4 is 5.32 Å². The number of carbonyl (C=O) groups is 1. The van der Waals surface area contributed by atoms with Crippen molar-refractivity contribution in [3.8, 4) is 0 Å². The fourth-order valence-electron chi connectivity index (χ4n) is 2.47. The van der Waals surface area contributed by atoms with Crippen LogP contribution in [0.2, 0.25) is 0 Å². The molecule has 2 aliphatic rings. The van der Waals surface area contributed by atoms with Gasteiger partial charge in [0.15, 0.2) is 0 Å². The molecule has 0 saturated carbocycles. The van der Waals surface area contributed by atoms with Gasteiger partial charge in [0.05, 0.1) is 5.60 Å². The molecule has 0 atom stereocenters. The Morgan fingerprint density at radius 1 is 1.25 bits per heavy atom. The summed E-state index contributed by atoms with van der Waals surface area (Å²) in [5.41, 5.74) is -0.136. The van der Waals surface area contributed by atoms with E-state index in [9.17, 15) is 4.79 Å². The summed E-state index contributed by atoms with van der Waals surface area (Å²) in [6.07, 6.45) is 0. The van der Waals surface area contributed by atoms with Crippen molar-refractivity contribution < 1.29 is 9.53 Å². The van der Waals surface area contributed by atoms with Crippen molar-refractivity contribution in [1.82, 2.24) is 20.0 Å². The fourth-order valence-corrected chi connectivity index (χ4v) is 2.47. The number of nitrogens with one attached hydrogen (secondary N) is 1. The zero-order valence-electron chi connectivity index (χ0n) is 13.0. The van der Waals surface area contributed by atoms with E-state index < -0.39 is 0 Å². The number of piperazine rings is 1. The zero-order chi connectivity index (χ0) is 14.6. The van der Waals surface area contributed by atoms with Gasteiger partial charge in [0, 0.05) is 52.4 Å². The van der Waals surface area contributed by atoms with Crippen LogP contribution >= 0.6 is 0 Å². The van der Waals surface area contributed by atoms with E-state index in [0.29, 0.717) is 0 Å². The Kier molecular flexibility index (Phi) is 5.37. The van der Waals surface area contributed by atoms with Crippen LogP contribution in [-0.2, 0) is 9.53 Å². The van der Waals surface area contributed by atoms with E-state index >= 15 is 0 Å². The van der Waals surface area contributed by atoms with Gasteiger partial charge in [0.25, 0.3) is 0 Å². The van der Waals surface area contributed by atoms with E-state index in [1.807, 2.05) is 4.90 Å². The van der Waals surface area contributed by atoms with Crippen molar-refractivity contribution in [2.45, 2.75) is 12.5 Å². The van der Waals surface area contributed by atoms with E-state index in [2.05, 4.69) is 36.1 Å². The molecule has 2 saturated heterocycles. The molecule has 0 unspecified atom stereocenters. The van der Waals surface area contributed by atoms with E-state index in [0.717, 1.165) is 52.4 Å². The first-order valence-electron chi connectivity index (χ1n) is 7.48. The SMILES string of the molecule is CN(C)CCN1CCN(C(=O)COC2(C)CNC2)CC1. The minimum atomic E-state index is -0.136. The quantitative estimate of drug-likeness (QED) is 0.683. The number of hydrogen-bond donors (Lipinski definition) is 1. The van der Waals surface area contributed by atoms with E-state index in [1.54, 1.807) is 0 Å². The van der Waals surface area contributed by atoms with Crippen molar-refractivity contribution in [1.29, 1.82) is 0 Å². The minimum absolute atomic E-state index is 0.130. The number of likely N-dealkylation sites (N-methyl/N-ethyl adjacent to an activating group) is 1. The number of carbonyl (C=O) groups excluding carboxylic acids is 1. The predicted molar refractivity (Wildman–Crippen MR) is 78.8 cm³/mol. The first kappa shape index (κ1) is 15.7. The molecule has 20 heavy (non-hydrogen) atoms. The summed E-state index contributed by atoms with van der Waals surface area (Å²) in [7, 11) is 4.18. The molecule has 6 heteroatoms. The van der Waals surface area contributed by atoms with Gasteiger partial charge in [0.2, 0.25) is 5.91 Å².